The van der Waals surface area contributed by atoms with Crippen LogP contribution < -0.4 is 14.9 Å². The van der Waals surface area contributed by atoms with E-state index in [1.807, 2.05) is 24.3 Å². The van der Waals surface area contributed by atoms with E-state index in [4.69, 9.17) is 0 Å². The minimum Gasteiger partial charge on any atom is -0.371 e. The lowest BCUT2D eigenvalue weighted by atomic mass is 10.0. The van der Waals surface area contributed by atoms with Gasteiger partial charge >= 0.3 is 0 Å². The first kappa shape index (κ1) is 20.3. The van der Waals surface area contributed by atoms with Crippen molar-refractivity contribution < 1.29 is 13.2 Å². The lowest BCUT2D eigenvalue weighted by molar-refractivity contribution is 0.0931. The summed E-state index contributed by atoms with van der Waals surface area (Å²) < 4.78 is 24.6. The van der Waals surface area contributed by atoms with Gasteiger partial charge in [-0.25, -0.2) is 13.1 Å². The van der Waals surface area contributed by atoms with E-state index < -0.39 is 10.0 Å². The fourth-order valence-electron chi connectivity index (χ4n) is 3.31. The maximum Gasteiger partial charge on any atom is 0.251 e. The number of pyridine rings is 1. The number of aromatic nitrogens is 1. The highest BCUT2D eigenvalue weighted by molar-refractivity contribution is 7.88. The molecule has 1 aromatic heterocycles. The van der Waals surface area contributed by atoms with Crippen LogP contribution in [0.5, 0.6) is 0 Å². The van der Waals surface area contributed by atoms with Crippen LogP contribution in [0.3, 0.4) is 0 Å². The van der Waals surface area contributed by atoms with Gasteiger partial charge in [0.15, 0.2) is 0 Å². The number of nitrogens with zero attached hydrogens (tertiary/aromatic N) is 2. The van der Waals surface area contributed by atoms with Crippen molar-refractivity contribution in [1.82, 2.24) is 15.0 Å². The zero-order valence-corrected chi connectivity index (χ0v) is 16.8. The Kier molecular flexibility index (Phi) is 6.64. The first-order valence-corrected chi connectivity index (χ1v) is 11.3. The minimum absolute atomic E-state index is 0.0665. The molecule has 1 aliphatic rings. The predicted molar refractivity (Wildman–Crippen MR) is 110 cm³/mol. The summed E-state index contributed by atoms with van der Waals surface area (Å²) in [6, 6.07) is 11.5. The van der Waals surface area contributed by atoms with Gasteiger partial charge in [0.1, 0.15) is 0 Å². The number of hydrogen-bond donors (Lipinski definition) is 2. The zero-order valence-electron chi connectivity index (χ0n) is 16.0. The maximum absolute atomic E-state index is 12.5. The van der Waals surface area contributed by atoms with E-state index in [1.54, 1.807) is 24.5 Å². The van der Waals surface area contributed by atoms with Gasteiger partial charge in [-0.2, -0.15) is 0 Å². The first-order valence-electron chi connectivity index (χ1n) is 9.40. The molecule has 0 unspecified atom stereocenters. The van der Waals surface area contributed by atoms with E-state index in [2.05, 4.69) is 19.9 Å². The van der Waals surface area contributed by atoms with Crippen LogP contribution in [-0.4, -0.2) is 51.2 Å². The normalized spacial score (nSPS) is 15.4. The third-order valence-corrected chi connectivity index (χ3v) is 5.58. The molecule has 28 heavy (non-hydrogen) atoms. The number of amides is 1. The van der Waals surface area contributed by atoms with Crippen LogP contribution in [-0.2, 0) is 16.4 Å². The topological polar surface area (TPSA) is 91.4 Å². The number of hydrogen-bond acceptors (Lipinski definition) is 5. The quantitative estimate of drug-likeness (QED) is 0.734. The number of benzene rings is 1. The van der Waals surface area contributed by atoms with Gasteiger partial charge in [-0.1, -0.05) is 12.1 Å². The molecule has 7 nitrogen and oxygen atoms in total. The third kappa shape index (κ3) is 6.03. The Labute approximate surface area is 166 Å². The summed E-state index contributed by atoms with van der Waals surface area (Å²) in [5.41, 5.74) is 2.77. The van der Waals surface area contributed by atoms with E-state index in [1.165, 1.54) is 5.69 Å². The summed E-state index contributed by atoms with van der Waals surface area (Å²) in [4.78, 5) is 18.9. The second-order valence-corrected chi connectivity index (χ2v) is 8.89. The molecule has 2 heterocycles. The smallest absolute Gasteiger partial charge is 0.251 e. The van der Waals surface area contributed by atoms with Crippen molar-refractivity contribution in [1.29, 1.82) is 0 Å². The SMILES string of the molecule is CS(=O)(=O)NCCc1ccc(C(=O)NC2CCN(c3ccncc3)CC2)cc1. The van der Waals surface area contributed by atoms with Gasteiger partial charge in [-0.15, -0.1) is 0 Å². The third-order valence-electron chi connectivity index (χ3n) is 4.85. The zero-order chi connectivity index (χ0) is 20.0. The van der Waals surface area contributed by atoms with Crippen LogP contribution >= 0.6 is 0 Å². The number of piperidine rings is 1. The highest BCUT2D eigenvalue weighted by Crippen LogP contribution is 2.19. The van der Waals surface area contributed by atoms with Crippen LogP contribution in [0.1, 0.15) is 28.8 Å². The summed E-state index contributed by atoms with van der Waals surface area (Å²) in [5, 5.41) is 3.12. The van der Waals surface area contributed by atoms with Crippen molar-refractivity contribution in [3.05, 3.63) is 59.9 Å². The largest absolute Gasteiger partial charge is 0.371 e. The fraction of sp³-hybridized carbons (Fsp3) is 0.400. The van der Waals surface area contributed by atoms with Crippen molar-refractivity contribution in [2.45, 2.75) is 25.3 Å². The van der Waals surface area contributed by atoms with Gasteiger partial charge < -0.3 is 10.2 Å². The van der Waals surface area contributed by atoms with Crippen LogP contribution in [0.4, 0.5) is 5.69 Å². The van der Waals surface area contributed by atoms with Crippen molar-refractivity contribution in [2.24, 2.45) is 0 Å². The average Bonchev–Trinajstić information content (AvgIpc) is 2.69. The molecule has 1 aliphatic heterocycles. The number of sulfonamides is 1. The summed E-state index contributed by atoms with van der Waals surface area (Å²) >= 11 is 0. The van der Waals surface area contributed by atoms with Crippen molar-refractivity contribution in [3.8, 4) is 0 Å². The van der Waals surface area contributed by atoms with E-state index in [9.17, 15) is 13.2 Å². The molecule has 1 saturated heterocycles. The molecule has 3 rings (SSSR count). The molecule has 0 saturated carbocycles. The molecular formula is C20H26N4O3S. The van der Waals surface area contributed by atoms with Gasteiger partial charge in [0.2, 0.25) is 10.0 Å². The Bertz CT molecular complexity index is 877. The lowest BCUT2D eigenvalue weighted by Crippen LogP contribution is -2.44. The second kappa shape index (κ2) is 9.16. The molecule has 0 radical (unpaired) electrons. The summed E-state index contributed by atoms with van der Waals surface area (Å²) in [7, 11) is -3.17. The molecule has 1 fully saturated rings. The Hall–Kier alpha value is -2.45. The van der Waals surface area contributed by atoms with Crippen LogP contribution in [0.15, 0.2) is 48.8 Å². The van der Waals surface area contributed by atoms with Gasteiger partial charge in [0, 0.05) is 49.3 Å². The Morgan fingerprint density at radius 1 is 1.11 bits per heavy atom. The molecule has 1 amide bonds. The predicted octanol–water partition coefficient (Wildman–Crippen LogP) is 1.57. The number of rotatable bonds is 7. The number of carbonyl (C=O) groups excluding carboxylic acids is 1. The van der Waals surface area contributed by atoms with Gasteiger partial charge in [0.05, 0.1) is 6.26 Å². The van der Waals surface area contributed by atoms with Gasteiger partial charge in [-0.05, 0) is 49.1 Å². The molecule has 150 valence electrons. The van der Waals surface area contributed by atoms with Crippen LogP contribution in [0.2, 0.25) is 0 Å². The van der Waals surface area contributed by atoms with E-state index >= 15 is 0 Å². The highest BCUT2D eigenvalue weighted by atomic mass is 32.2. The minimum atomic E-state index is -3.17. The van der Waals surface area contributed by atoms with Crippen LogP contribution in [0, 0.1) is 0 Å². The molecule has 0 atom stereocenters. The average molecular weight is 403 g/mol. The monoisotopic (exact) mass is 402 g/mol. The molecule has 1 aromatic carbocycles. The fourth-order valence-corrected chi connectivity index (χ4v) is 3.78. The van der Waals surface area contributed by atoms with Crippen LogP contribution in [0.25, 0.3) is 0 Å². The Morgan fingerprint density at radius 3 is 2.36 bits per heavy atom. The molecule has 0 spiro atoms. The van der Waals surface area contributed by atoms with Gasteiger partial charge in [0.25, 0.3) is 5.91 Å². The molecule has 0 bridgehead atoms. The van der Waals surface area contributed by atoms with Crippen molar-refractivity contribution >= 4 is 21.6 Å². The molecule has 0 aliphatic carbocycles. The molecule has 8 heteroatoms. The van der Waals surface area contributed by atoms with Crippen molar-refractivity contribution in [3.63, 3.8) is 0 Å². The number of carbonyl (C=O) groups is 1. The summed E-state index contributed by atoms with van der Waals surface area (Å²) in [6.07, 6.45) is 7.13. The Morgan fingerprint density at radius 2 is 1.75 bits per heavy atom. The second-order valence-electron chi connectivity index (χ2n) is 7.05. The van der Waals surface area contributed by atoms with E-state index in [0.717, 1.165) is 37.8 Å². The van der Waals surface area contributed by atoms with Crippen molar-refractivity contribution in [2.75, 3.05) is 30.8 Å². The first-order chi connectivity index (χ1) is 13.4. The van der Waals surface area contributed by atoms with E-state index in [-0.39, 0.29) is 11.9 Å². The van der Waals surface area contributed by atoms with E-state index in [0.29, 0.717) is 18.5 Å². The highest BCUT2D eigenvalue weighted by Gasteiger charge is 2.21. The lowest BCUT2D eigenvalue weighted by Gasteiger charge is -2.33. The standard InChI is InChI=1S/C20H26N4O3S/c1-28(26,27)22-13-6-16-2-4-17(5-3-16)20(25)23-18-9-14-24(15-10-18)19-7-11-21-12-8-19/h2-5,7-8,11-12,18,22H,6,9-10,13-15H2,1H3,(H,23,25). The van der Waals surface area contributed by atoms with Gasteiger partial charge in [-0.3, -0.25) is 9.78 Å². The summed E-state index contributed by atoms with van der Waals surface area (Å²) in [6.45, 7) is 2.16. The molecule has 2 aromatic rings. The molecule has 2 N–H and O–H groups in total. The number of anilines is 1. The number of nitrogens with one attached hydrogen (secondary N) is 2. The maximum atomic E-state index is 12.5. The summed E-state index contributed by atoms with van der Waals surface area (Å²) in [5.74, 6) is -0.0665. The Balaban J connectivity index is 1.46. The molecular weight excluding hydrogens is 376 g/mol.